The van der Waals surface area contributed by atoms with Crippen LogP contribution >= 0.6 is 0 Å². The topological polar surface area (TPSA) is 35.0 Å². The summed E-state index contributed by atoms with van der Waals surface area (Å²) in [5, 5.41) is 0. The standard InChI is InChI=1S/C11H14N2O/c1-8(2)10-5-12-11(13-6-10)14-7-9-3-4-9/h5-6,9H,1,3-4,7H2,2H3. The van der Waals surface area contributed by atoms with Crippen LogP contribution in [0.2, 0.25) is 0 Å². The minimum Gasteiger partial charge on any atom is -0.463 e. The molecule has 3 nitrogen and oxygen atoms in total. The van der Waals surface area contributed by atoms with Crippen LogP contribution in [0.3, 0.4) is 0 Å². The quantitative estimate of drug-likeness (QED) is 0.730. The van der Waals surface area contributed by atoms with Crippen molar-refractivity contribution >= 4 is 5.57 Å². The molecule has 1 saturated carbocycles. The molecule has 3 heteroatoms. The van der Waals surface area contributed by atoms with E-state index in [-0.39, 0.29) is 0 Å². The van der Waals surface area contributed by atoms with Gasteiger partial charge in [0.2, 0.25) is 0 Å². The van der Waals surface area contributed by atoms with E-state index in [4.69, 9.17) is 4.74 Å². The third-order valence-corrected chi connectivity index (χ3v) is 2.27. The molecule has 0 atom stereocenters. The fourth-order valence-electron chi connectivity index (χ4n) is 1.09. The molecule has 0 spiro atoms. The molecule has 0 N–H and O–H groups in total. The van der Waals surface area contributed by atoms with Gasteiger partial charge in [-0.3, -0.25) is 0 Å². The van der Waals surface area contributed by atoms with Gasteiger partial charge >= 0.3 is 6.01 Å². The molecule has 0 radical (unpaired) electrons. The number of aromatic nitrogens is 2. The molecule has 0 bridgehead atoms. The molecule has 1 aliphatic carbocycles. The van der Waals surface area contributed by atoms with Gasteiger partial charge in [-0.1, -0.05) is 6.58 Å². The summed E-state index contributed by atoms with van der Waals surface area (Å²) in [6.07, 6.45) is 6.06. The smallest absolute Gasteiger partial charge is 0.316 e. The predicted octanol–water partition coefficient (Wildman–Crippen LogP) is 2.30. The molecule has 1 fully saturated rings. The van der Waals surface area contributed by atoms with Crippen LogP contribution in [0.15, 0.2) is 19.0 Å². The lowest BCUT2D eigenvalue weighted by Crippen LogP contribution is -2.02. The lowest BCUT2D eigenvalue weighted by molar-refractivity contribution is 0.276. The van der Waals surface area contributed by atoms with Gasteiger partial charge in [0.15, 0.2) is 0 Å². The van der Waals surface area contributed by atoms with Crippen LogP contribution < -0.4 is 4.74 Å². The number of ether oxygens (including phenoxy) is 1. The van der Waals surface area contributed by atoms with E-state index in [1.807, 2.05) is 6.92 Å². The highest BCUT2D eigenvalue weighted by Gasteiger charge is 2.22. The second kappa shape index (κ2) is 3.78. The molecule has 0 amide bonds. The number of nitrogens with zero attached hydrogens (tertiary/aromatic N) is 2. The third kappa shape index (κ3) is 2.31. The normalized spacial score (nSPS) is 15.2. The first kappa shape index (κ1) is 9.19. The lowest BCUT2D eigenvalue weighted by Gasteiger charge is -2.03. The van der Waals surface area contributed by atoms with Gasteiger partial charge < -0.3 is 4.74 Å². The minimum absolute atomic E-state index is 0.474. The van der Waals surface area contributed by atoms with Crippen molar-refractivity contribution in [1.29, 1.82) is 0 Å². The molecule has 14 heavy (non-hydrogen) atoms. The summed E-state index contributed by atoms with van der Waals surface area (Å²) in [5.74, 6) is 0.736. The maximum absolute atomic E-state index is 5.41. The largest absolute Gasteiger partial charge is 0.463 e. The summed E-state index contributed by atoms with van der Waals surface area (Å²) >= 11 is 0. The highest BCUT2D eigenvalue weighted by Crippen LogP contribution is 2.28. The van der Waals surface area contributed by atoms with Crippen molar-refractivity contribution in [2.75, 3.05) is 6.61 Å². The summed E-state index contributed by atoms with van der Waals surface area (Å²) in [6.45, 7) is 6.51. The Bertz CT molecular complexity index is 328. The van der Waals surface area contributed by atoms with E-state index in [2.05, 4.69) is 16.5 Å². The van der Waals surface area contributed by atoms with Crippen LogP contribution in [0.1, 0.15) is 25.3 Å². The predicted molar refractivity (Wildman–Crippen MR) is 55.0 cm³/mol. The molecule has 1 aromatic heterocycles. The fraction of sp³-hybridized carbons (Fsp3) is 0.455. The van der Waals surface area contributed by atoms with Crippen LogP contribution in [-0.2, 0) is 0 Å². The van der Waals surface area contributed by atoms with Crippen molar-refractivity contribution in [3.63, 3.8) is 0 Å². The second-order valence-corrected chi connectivity index (χ2v) is 3.79. The van der Waals surface area contributed by atoms with Crippen molar-refractivity contribution in [2.24, 2.45) is 5.92 Å². The van der Waals surface area contributed by atoms with E-state index < -0.39 is 0 Å². The number of hydrogen-bond donors (Lipinski definition) is 0. The molecular formula is C11H14N2O. The van der Waals surface area contributed by atoms with Gasteiger partial charge in [0.25, 0.3) is 0 Å². The first-order valence-electron chi connectivity index (χ1n) is 4.86. The maximum atomic E-state index is 5.41. The first-order valence-corrected chi connectivity index (χ1v) is 4.86. The van der Waals surface area contributed by atoms with E-state index in [1.54, 1.807) is 12.4 Å². The van der Waals surface area contributed by atoms with E-state index in [1.165, 1.54) is 12.8 Å². The van der Waals surface area contributed by atoms with Crippen LogP contribution in [-0.4, -0.2) is 16.6 Å². The Morgan fingerprint density at radius 1 is 1.50 bits per heavy atom. The Morgan fingerprint density at radius 3 is 2.64 bits per heavy atom. The highest BCUT2D eigenvalue weighted by atomic mass is 16.5. The molecule has 0 aliphatic heterocycles. The lowest BCUT2D eigenvalue weighted by atomic mass is 10.2. The summed E-state index contributed by atoms with van der Waals surface area (Å²) in [5.41, 5.74) is 1.93. The van der Waals surface area contributed by atoms with Crippen molar-refractivity contribution in [3.8, 4) is 6.01 Å². The molecule has 0 unspecified atom stereocenters. The van der Waals surface area contributed by atoms with Crippen molar-refractivity contribution in [1.82, 2.24) is 9.97 Å². The fourth-order valence-corrected chi connectivity index (χ4v) is 1.09. The summed E-state index contributed by atoms with van der Waals surface area (Å²) in [4.78, 5) is 8.21. The van der Waals surface area contributed by atoms with Gasteiger partial charge in [-0.05, 0) is 31.3 Å². The Morgan fingerprint density at radius 2 is 2.14 bits per heavy atom. The van der Waals surface area contributed by atoms with Crippen LogP contribution in [0.4, 0.5) is 0 Å². The Hall–Kier alpha value is -1.38. The van der Waals surface area contributed by atoms with Gasteiger partial charge in [0.1, 0.15) is 0 Å². The maximum Gasteiger partial charge on any atom is 0.316 e. The monoisotopic (exact) mass is 190 g/mol. The molecule has 0 aromatic carbocycles. The summed E-state index contributed by atoms with van der Waals surface area (Å²) < 4.78 is 5.41. The highest BCUT2D eigenvalue weighted by molar-refractivity contribution is 5.59. The average Bonchev–Trinajstić information content (AvgIpc) is 2.99. The van der Waals surface area contributed by atoms with E-state index in [9.17, 15) is 0 Å². The van der Waals surface area contributed by atoms with Gasteiger partial charge in [-0.2, -0.15) is 0 Å². The van der Waals surface area contributed by atoms with Crippen LogP contribution in [0.5, 0.6) is 6.01 Å². The Balaban J connectivity index is 1.94. The van der Waals surface area contributed by atoms with Gasteiger partial charge in [-0.25, -0.2) is 9.97 Å². The Labute approximate surface area is 83.8 Å². The molecule has 1 aromatic rings. The van der Waals surface area contributed by atoms with Crippen LogP contribution in [0.25, 0.3) is 5.57 Å². The van der Waals surface area contributed by atoms with Gasteiger partial charge in [0, 0.05) is 18.0 Å². The molecule has 74 valence electrons. The van der Waals surface area contributed by atoms with Crippen molar-refractivity contribution in [3.05, 3.63) is 24.5 Å². The van der Waals surface area contributed by atoms with Gasteiger partial charge in [0.05, 0.1) is 6.61 Å². The Kier molecular flexibility index (Phi) is 2.48. The van der Waals surface area contributed by atoms with Gasteiger partial charge in [-0.15, -0.1) is 0 Å². The molecule has 1 aliphatic rings. The summed E-state index contributed by atoms with van der Waals surface area (Å²) in [6, 6.07) is 0.474. The van der Waals surface area contributed by atoms with E-state index in [0.29, 0.717) is 6.01 Å². The molecular weight excluding hydrogens is 176 g/mol. The number of allylic oxidation sites excluding steroid dienone is 1. The first-order chi connectivity index (χ1) is 6.75. The average molecular weight is 190 g/mol. The zero-order valence-electron chi connectivity index (χ0n) is 8.36. The summed E-state index contributed by atoms with van der Waals surface area (Å²) in [7, 11) is 0. The van der Waals surface area contributed by atoms with E-state index in [0.717, 1.165) is 23.7 Å². The van der Waals surface area contributed by atoms with Crippen molar-refractivity contribution in [2.45, 2.75) is 19.8 Å². The van der Waals surface area contributed by atoms with Crippen LogP contribution in [0, 0.1) is 5.92 Å². The van der Waals surface area contributed by atoms with E-state index >= 15 is 0 Å². The molecule has 1 heterocycles. The number of rotatable bonds is 4. The van der Waals surface area contributed by atoms with Crippen molar-refractivity contribution < 1.29 is 4.74 Å². The SMILES string of the molecule is C=C(C)c1cnc(OCC2CC2)nc1. The zero-order valence-corrected chi connectivity index (χ0v) is 8.36. The molecule has 2 rings (SSSR count). The minimum atomic E-state index is 0.474. The third-order valence-electron chi connectivity index (χ3n) is 2.27. The number of hydrogen-bond acceptors (Lipinski definition) is 3. The molecule has 0 saturated heterocycles. The second-order valence-electron chi connectivity index (χ2n) is 3.79. The zero-order chi connectivity index (χ0) is 9.97.